The first-order valence-electron chi connectivity index (χ1n) is 6.81. The van der Waals surface area contributed by atoms with E-state index in [0.29, 0.717) is 13.1 Å². The van der Waals surface area contributed by atoms with Crippen LogP contribution >= 0.6 is 0 Å². The van der Waals surface area contributed by atoms with Crippen LogP contribution in [0, 0.1) is 0 Å². The van der Waals surface area contributed by atoms with Crippen LogP contribution in [0.4, 0.5) is 13.2 Å². The summed E-state index contributed by atoms with van der Waals surface area (Å²) in [5.74, 6) is -0.484. The second-order valence-corrected chi connectivity index (χ2v) is 5.12. The van der Waals surface area contributed by atoms with Gasteiger partial charge < -0.3 is 10.2 Å². The minimum absolute atomic E-state index is 0.0410. The quantitative estimate of drug-likeness (QED) is 0.906. The average molecular weight is 327 g/mol. The molecule has 6 nitrogen and oxygen atoms in total. The van der Waals surface area contributed by atoms with Gasteiger partial charge in [-0.15, -0.1) is 5.10 Å². The van der Waals surface area contributed by atoms with Crippen molar-refractivity contribution in [3.05, 3.63) is 41.7 Å². The zero-order valence-electron chi connectivity index (χ0n) is 12.6. The second kappa shape index (κ2) is 6.78. The number of carbonyl (C=O) groups is 1. The summed E-state index contributed by atoms with van der Waals surface area (Å²) in [7, 11) is 3.72. The molecule has 124 valence electrons. The Balaban J connectivity index is 2.19. The number of benzene rings is 1. The van der Waals surface area contributed by atoms with E-state index in [0.717, 1.165) is 10.7 Å². The number of aromatic nitrogens is 3. The summed E-state index contributed by atoms with van der Waals surface area (Å²) in [6.45, 7) is 1.04. The first kappa shape index (κ1) is 16.9. The Morgan fingerprint density at radius 3 is 2.65 bits per heavy atom. The summed E-state index contributed by atoms with van der Waals surface area (Å²) in [5, 5.41) is 9.87. The van der Waals surface area contributed by atoms with E-state index in [1.165, 1.54) is 24.4 Å². The molecule has 0 spiro atoms. The van der Waals surface area contributed by atoms with Gasteiger partial charge in [0.2, 0.25) is 0 Å². The van der Waals surface area contributed by atoms with Crippen molar-refractivity contribution in [2.75, 3.05) is 27.2 Å². The largest absolute Gasteiger partial charge is 0.418 e. The van der Waals surface area contributed by atoms with Crippen molar-refractivity contribution in [2.24, 2.45) is 0 Å². The Labute approximate surface area is 130 Å². The molecule has 1 aromatic heterocycles. The number of alkyl halides is 3. The number of nitrogens with zero attached hydrogens (tertiary/aromatic N) is 4. The van der Waals surface area contributed by atoms with E-state index in [1.807, 2.05) is 19.0 Å². The molecule has 0 radical (unpaired) electrons. The lowest BCUT2D eigenvalue weighted by Gasteiger charge is -2.11. The lowest BCUT2D eigenvalue weighted by molar-refractivity contribution is -0.137. The molecule has 2 aromatic rings. The van der Waals surface area contributed by atoms with E-state index in [-0.39, 0.29) is 11.4 Å². The van der Waals surface area contributed by atoms with Gasteiger partial charge in [0.05, 0.1) is 17.4 Å². The van der Waals surface area contributed by atoms with Crippen LogP contribution in [0.1, 0.15) is 16.1 Å². The van der Waals surface area contributed by atoms with E-state index in [1.54, 1.807) is 0 Å². The van der Waals surface area contributed by atoms with Crippen LogP contribution in [0.3, 0.4) is 0 Å². The van der Waals surface area contributed by atoms with Gasteiger partial charge in [-0.2, -0.15) is 13.2 Å². The maximum atomic E-state index is 13.0. The standard InChI is InChI=1S/C14H16F3N5O/c1-21(2)8-7-18-13(23)11-9-22(20-19-11)12-6-4-3-5-10(12)14(15,16)17/h3-6,9H,7-8H2,1-2H3,(H,18,23). The zero-order chi connectivity index (χ0) is 17.0. The molecule has 0 unspecified atom stereocenters. The second-order valence-electron chi connectivity index (χ2n) is 5.12. The van der Waals surface area contributed by atoms with E-state index in [4.69, 9.17) is 0 Å². The predicted octanol–water partition coefficient (Wildman–Crippen LogP) is 1.58. The molecule has 0 bridgehead atoms. The van der Waals surface area contributed by atoms with Gasteiger partial charge >= 0.3 is 6.18 Å². The third-order valence-corrected chi connectivity index (χ3v) is 3.03. The van der Waals surface area contributed by atoms with Gasteiger partial charge in [-0.1, -0.05) is 17.3 Å². The molecule has 2 rings (SSSR count). The van der Waals surface area contributed by atoms with Crippen molar-refractivity contribution >= 4 is 5.91 Å². The van der Waals surface area contributed by atoms with Crippen molar-refractivity contribution in [1.82, 2.24) is 25.2 Å². The monoisotopic (exact) mass is 327 g/mol. The highest BCUT2D eigenvalue weighted by Gasteiger charge is 2.34. The summed E-state index contributed by atoms with van der Waals surface area (Å²) in [4.78, 5) is 13.8. The van der Waals surface area contributed by atoms with Crippen LogP contribution in [-0.2, 0) is 6.18 Å². The third kappa shape index (κ3) is 4.28. The van der Waals surface area contributed by atoms with E-state index < -0.39 is 17.6 Å². The minimum atomic E-state index is -4.52. The highest BCUT2D eigenvalue weighted by Crippen LogP contribution is 2.33. The summed E-state index contributed by atoms with van der Waals surface area (Å²) < 4.78 is 39.9. The van der Waals surface area contributed by atoms with Crippen LogP contribution in [0.2, 0.25) is 0 Å². The van der Waals surface area contributed by atoms with Crippen LogP contribution < -0.4 is 5.32 Å². The third-order valence-electron chi connectivity index (χ3n) is 3.03. The van der Waals surface area contributed by atoms with Crippen LogP contribution in [0.5, 0.6) is 0 Å². The zero-order valence-corrected chi connectivity index (χ0v) is 12.6. The molecular formula is C14H16F3N5O. The van der Waals surface area contributed by atoms with Crippen LogP contribution in [0.25, 0.3) is 5.69 Å². The SMILES string of the molecule is CN(C)CCNC(=O)c1cn(-c2ccccc2C(F)(F)F)nn1. The summed E-state index contributed by atoms with van der Waals surface area (Å²) in [6.07, 6.45) is -3.34. The lowest BCUT2D eigenvalue weighted by Crippen LogP contribution is -2.31. The molecule has 23 heavy (non-hydrogen) atoms. The minimum Gasteiger partial charge on any atom is -0.349 e. The lowest BCUT2D eigenvalue weighted by atomic mass is 10.1. The maximum absolute atomic E-state index is 13.0. The smallest absolute Gasteiger partial charge is 0.349 e. The van der Waals surface area contributed by atoms with Crippen LogP contribution in [0.15, 0.2) is 30.5 Å². The van der Waals surface area contributed by atoms with Gasteiger partial charge in [0, 0.05) is 13.1 Å². The van der Waals surface area contributed by atoms with Gasteiger partial charge in [-0.05, 0) is 26.2 Å². The molecule has 1 heterocycles. The Morgan fingerprint density at radius 1 is 1.30 bits per heavy atom. The van der Waals surface area contributed by atoms with Crippen molar-refractivity contribution in [3.63, 3.8) is 0 Å². The van der Waals surface area contributed by atoms with Crippen molar-refractivity contribution < 1.29 is 18.0 Å². The fraction of sp³-hybridized carbons (Fsp3) is 0.357. The number of carbonyl (C=O) groups excluding carboxylic acids is 1. The van der Waals surface area contributed by atoms with Gasteiger partial charge in [0.25, 0.3) is 5.91 Å². The van der Waals surface area contributed by atoms with E-state index in [2.05, 4.69) is 15.6 Å². The number of amides is 1. The van der Waals surface area contributed by atoms with Crippen molar-refractivity contribution in [2.45, 2.75) is 6.18 Å². The van der Waals surface area contributed by atoms with E-state index >= 15 is 0 Å². The highest BCUT2D eigenvalue weighted by molar-refractivity contribution is 5.91. The number of para-hydroxylation sites is 1. The Hall–Kier alpha value is -2.42. The first-order valence-corrected chi connectivity index (χ1v) is 6.81. The topological polar surface area (TPSA) is 63.1 Å². The number of halogens is 3. The van der Waals surface area contributed by atoms with Gasteiger partial charge in [-0.3, -0.25) is 4.79 Å². The van der Waals surface area contributed by atoms with E-state index in [9.17, 15) is 18.0 Å². The molecule has 1 N–H and O–H groups in total. The average Bonchev–Trinajstić information content (AvgIpc) is 2.95. The normalized spacial score (nSPS) is 11.7. The Kier molecular flexibility index (Phi) is 4.99. The maximum Gasteiger partial charge on any atom is 0.418 e. The molecule has 0 saturated carbocycles. The Bertz CT molecular complexity index is 681. The molecule has 0 atom stereocenters. The first-order chi connectivity index (χ1) is 10.8. The summed E-state index contributed by atoms with van der Waals surface area (Å²) in [5.41, 5.74) is -1.06. The Morgan fingerprint density at radius 2 is 2.00 bits per heavy atom. The van der Waals surface area contributed by atoms with Gasteiger partial charge in [-0.25, -0.2) is 4.68 Å². The fourth-order valence-electron chi connectivity index (χ4n) is 1.88. The number of rotatable bonds is 5. The molecule has 0 saturated heterocycles. The molecule has 0 aliphatic carbocycles. The summed E-state index contributed by atoms with van der Waals surface area (Å²) in [6, 6.07) is 4.97. The number of nitrogens with one attached hydrogen (secondary N) is 1. The van der Waals surface area contributed by atoms with Gasteiger partial charge in [0.1, 0.15) is 0 Å². The molecular weight excluding hydrogens is 311 g/mol. The molecule has 1 aromatic carbocycles. The van der Waals surface area contributed by atoms with Crippen molar-refractivity contribution in [1.29, 1.82) is 0 Å². The van der Waals surface area contributed by atoms with Crippen molar-refractivity contribution in [3.8, 4) is 5.69 Å². The number of hydrogen-bond acceptors (Lipinski definition) is 4. The number of hydrogen-bond donors (Lipinski definition) is 1. The fourth-order valence-corrected chi connectivity index (χ4v) is 1.88. The summed E-state index contributed by atoms with van der Waals surface area (Å²) >= 11 is 0. The van der Waals surface area contributed by atoms with Crippen LogP contribution in [-0.4, -0.2) is 53.0 Å². The van der Waals surface area contributed by atoms with Gasteiger partial charge in [0.15, 0.2) is 5.69 Å². The molecule has 0 fully saturated rings. The number of likely N-dealkylation sites (N-methyl/N-ethyl adjacent to an activating group) is 1. The molecule has 1 amide bonds. The predicted molar refractivity (Wildman–Crippen MR) is 77.2 cm³/mol. The highest BCUT2D eigenvalue weighted by atomic mass is 19.4. The molecule has 0 aliphatic rings. The molecule has 9 heteroatoms. The molecule has 0 aliphatic heterocycles.